The Balaban J connectivity index is 1.48. The maximum absolute atomic E-state index is 14.0. The van der Waals surface area contributed by atoms with Gasteiger partial charge in [0.1, 0.15) is 17.0 Å². The fourth-order valence-electron chi connectivity index (χ4n) is 5.18. The first-order valence-electron chi connectivity index (χ1n) is 13.2. The molecule has 0 atom stereocenters. The second-order valence-corrected chi connectivity index (χ2v) is 9.73. The summed E-state index contributed by atoms with van der Waals surface area (Å²) in [5, 5.41) is 15.6. The molecule has 1 N–H and O–H groups in total. The Bertz CT molecular complexity index is 1770. The number of H-pyrrole nitrogens is 1. The smallest absolute Gasteiger partial charge is 0.282 e. The third kappa shape index (κ3) is 4.62. The van der Waals surface area contributed by atoms with Crippen molar-refractivity contribution in [2.45, 2.75) is 26.2 Å². The molecular weight excluding hydrogens is 484 g/mol. The van der Waals surface area contributed by atoms with Crippen molar-refractivity contribution in [3.63, 3.8) is 0 Å². The number of rotatable bonds is 5. The highest BCUT2D eigenvalue weighted by atomic mass is 16.1. The van der Waals surface area contributed by atoms with Crippen LogP contribution in [0, 0.1) is 19.3 Å². The minimum atomic E-state index is -0.216. The lowest BCUT2D eigenvalue weighted by Gasteiger charge is -2.21. The molecule has 3 aromatic carbocycles. The fourth-order valence-corrected chi connectivity index (χ4v) is 5.18. The van der Waals surface area contributed by atoms with Gasteiger partial charge in [-0.25, -0.2) is 0 Å². The summed E-state index contributed by atoms with van der Waals surface area (Å²) in [6.07, 6.45) is 9.32. The number of nitrogens with zero attached hydrogens (tertiary/aromatic N) is 5. The van der Waals surface area contributed by atoms with Crippen LogP contribution in [0.4, 0.5) is 5.69 Å². The van der Waals surface area contributed by atoms with Gasteiger partial charge < -0.3 is 4.98 Å². The van der Waals surface area contributed by atoms with Gasteiger partial charge in [0.2, 0.25) is 0 Å². The minimum Gasteiger partial charge on any atom is -0.343 e. The average molecular weight is 513 g/mol. The van der Waals surface area contributed by atoms with Gasteiger partial charge in [-0.1, -0.05) is 77.9 Å². The molecular formula is C32H28N6O. The first-order chi connectivity index (χ1) is 19.1. The molecule has 39 heavy (non-hydrogen) atoms. The number of aryl methyl sites for hydroxylation is 1. The molecule has 192 valence electrons. The second kappa shape index (κ2) is 10.4. The first kappa shape index (κ1) is 24.4. The van der Waals surface area contributed by atoms with Gasteiger partial charge >= 0.3 is 0 Å². The van der Waals surface area contributed by atoms with Crippen LogP contribution in [0.2, 0.25) is 0 Å². The van der Waals surface area contributed by atoms with Crippen molar-refractivity contribution >= 4 is 11.3 Å². The minimum absolute atomic E-state index is 0.216. The Hall–Kier alpha value is -4.96. The standard InChI is InChI=1S/C32H28N6O/c1-3-23-21-26(17-18-27(23)34-36-37-19-11-6-12-20-37)28-22(2)33-31-29(24-13-7-4-8-14-24)30(35-38(31)32(28)39)25-15-9-5-10-16-25/h1,4-5,7-10,13-18,21,33H,6,11-12,19-20H2,2H3/b36-34+. The molecule has 1 aliphatic rings. The summed E-state index contributed by atoms with van der Waals surface area (Å²) in [6, 6.07) is 25.4. The normalized spacial score (nSPS) is 13.7. The van der Waals surface area contributed by atoms with E-state index in [1.807, 2.05) is 90.8 Å². The molecule has 1 fully saturated rings. The van der Waals surface area contributed by atoms with E-state index in [-0.39, 0.29) is 5.56 Å². The van der Waals surface area contributed by atoms with E-state index in [1.165, 1.54) is 10.9 Å². The molecule has 7 heteroatoms. The van der Waals surface area contributed by atoms with Crippen LogP contribution in [0.3, 0.4) is 0 Å². The van der Waals surface area contributed by atoms with Crippen LogP contribution in [0.5, 0.6) is 0 Å². The van der Waals surface area contributed by atoms with Gasteiger partial charge in [-0.2, -0.15) is 9.61 Å². The quantitative estimate of drug-likeness (QED) is 0.208. The van der Waals surface area contributed by atoms with E-state index in [9.17, 15) is 4.79 Å². The highest BCUT2D eigenvalue weighted by molar-refractivity contribution is 5.91. The molecule has 0 saturated carbocycles. The van der Waals surface area contributed by atoms with Gasteiger partial charge in [0, 0.05) is 24.3 Å². The third-order valence-corrected chi connectivity index (χ3v) is 7.13. The van der Waals surface area contributed by atoms with Crippen molar-refractivity contribution in [1.82, 2.24) is 19.6 Å². The van der Waals surface area contributed by atoms with Crippen LogP contribution in [0.1, 0.15) is 30.5 Å². The van der Waals surface area contributed by atoms with E-state index < -0.39 is 0 Å². The number of aromatic amines is 1. The van der Waals surface area contributed by atoms with Crippen LogP contribution < -0.4 is 5.56 Å². The van der Waals surface area contributed by atoms with E-state index >= 15 is 0 Å². The van der Waals surface area contributed by atoms with Gasteiger partial charge in [0.05, 0.1) is 16.7 Å². The van der Waals surface area contributed by atoms with Crippen LogP contribution in [0.15, 0.2) is 94.0 Å². The average Bonchev–Trinajstić information content (AvgIpc) is 3.37. The third-order valence-electron chi connectivity index (χ3n) is 7.13. The zero-order valence-electron chi connectivity index (χ0n) is 21.8. The maximum Gasteiger partial charge on any atom is 0.282 e. The summed E-state index contributed by atoms with van der Waals surface area (Å²) in [5.74, 6) is 2.72. The Kier molecular flexibility index (Phi) is 6.52. The molecule has 0 amide bonds. The highest BCUT2D eigenvalue weighted by Crippen LogP contribution is 2.35. The molecule has 0 spiro atoms. The number of benzene rings is 3. The first-order valence-corrected chi connectivity index (χ1v) is 13.2. The highest BCUT2D eigenvalue weighted by Gasteiger charge is 2.22. The lowest BCUT2D eigenvalue weighted by atomic mass is 10.0. The monoisotopic (exact) mass is 512 g/mol. The van der Waals surface area contributed by atoms with Crippen molar-refractivity contribution in [3.05, 3.63) is 100 Å². The lowest BCUT2D eigenvalue weighted by Crippen LogP contribution is -2.23. The summed E-state index contributed by atoms with van der Waals surface area (Å²) < 4.78 is 1.46. The Morgan fingerprint density at radius 3 is 2.26 bits per heavy atom. The maximum atomic E-state index is 14.0. The number of terminal acetylenes is 1. The zero-order chi connectivity index (χ0) is 26.8. The predicted octanol–water partition coefficient (Wildman–Crippen LogP) is 6.80. The molecule has 6 rings (SSSR count). The number of aromatic nitrogens is 3. The summed E-state index contributed by atoms with van der Waals surface area (Å²) in [7, 11) is 0. The van der Waals surface area contributed by atoms with Crippen LogP contribution in [0.25, 0.3) is 39.2 Å². The van der Waals surface area contributed by atoms with Crippen LogP contribution in [-0.2, 0) is 0 Å². The Morgan fingerprint density at radius 2 is 1.56 bits per heavy atom. The molecule has 7 nitrogen and oxygen atoms in total. The summed E-state index contributed by atoms with van der Waals surface area (Å²) in [6.45, 7) is 3.71. The Labute approximate surface area is 226 Å². The van der Waals surface area contributed by atoms with Gasteiger partial charge in [-0.05, 0) is 49.4 Å². The predicted molar refractivity (Wildman–Crippen MR) is 155 cm³/mol. The Morgan fingerprint density at radius 1 is 0.872 bits per heavy atom. The molecule has 0 bridgehead atoms. The molecule has 3 heterocycles. The molecule has 0 aliphatic carbocycles. The second-order valence-electron chi connectivity index (χ2n) is 9.73. The van der Waals surface area contributed by atoms with Crippen LogP contribution >= 0.6 is 0 Å². The van der Waals surface area contributed by atoms with Crippen molar-refractivity contribution in [2.24, 2.45) is 10.3 Å². The van der Waals surface area contributed by atoms with E-state index in [2.05, 4.69) is 21.2 Å². The fraction of sp³-hybridized carbons (Fsp3) is 0.188. The van der Waals surface area contributed by atoms with E-state index in [1.54, 1.807) is 0 Å². The number of hydrogen-bond acceptors (Lipinski definition) is 4. The van der Waals surface area contributed by atoms with E-state index in [4.69, 9.17) is 11.5 Å². The van der Waals surface area contributed by atoms with Crippen molar-refractivity contribution in [2.75, 3.05) is 13.1 Å². The molecule has 5 aromatic rings. The van der Waals surface area contributed by atoms with E-state index in [0.717, 1.165) is 54.0 Å². The molecule has 1 aliphatic heterocycles. The van der Waals surface area contributed by atoms with Crippen molar-refractivity contribution in [1.29, 1.82) is 0 Å². The number of hydrogen-bond donors (Lipinski definition) is 1. The topological polar surface area (TPSA) is 78.1 Å². The zero-order valence-corrected chi connectivity index (χ0v) is 21.8. The van der Waals surface area contributed by atoms with Gasteiger partial charge in [-0.15, -0.1) is 11.5 Å². The van der Waals surface area contributed by atoms with Crippen LogP contribution in [-0.4, -0.2) is 32.7 Å². The van der Waals surface area contributed by atoms with Crippen molar-refractivity contribution in [3.8, 4) is 45.9 Å². The van der Waals surface area contributed by atoms with Gasteiger partial charge in [-0.3, -0.25) is 9.80 Å². The summed E-state index contributed by atoms with van der Waals surface area (Å²) >= 11 is 0. The van der Waals surface area contributed by atoms with Gasteiger partial charge in [0.25, 0.3) is 5.56 Å². The largest absolute Gasteiger partial charge is 0.343 e. The number of nitrogens with one attached hydrogen (secondary N) is 1. The number of fused-ring (bicyclic) bond motifs is 1. The SMILES string of the molecule is C#Cc1cc(-c2c(C)[nH]c3c(-c4ccccc4)c(-c4ccccc4)nn3c2=O)ccc1/N=N/N1CCCCC1. The lowest BCUT2D eigenvalue weighted by molar-refractivity contribution is 0.224. The van der Waals surface area contributed by atoms with E-state index in [0.29, 0.717) is 28.0 Å². The summed E-state index contributed by atoms with van der Waals surface area (Å²) in [4.78, 5) is 17.5. The molecule has 1 saturated heterocycles. The summed E-state index contributed by atoms with van der Waals surface area (Å²) in [5.41, 5.74) is 7.12. The molecule has 0 unspecified atom stereocenters. The van der Waals surface area contributed by atoms with Crippen molar-refractivity contribution < 1.29 is 0 Å². The van der Waals surface area contributed by atoms with Gasteiger partial charge in [0.15, 0.2) is 0 Å². The molecule has 2 aromatic heterocycles. The molecule has 0 radical (unpaired) electrons. The number of piperidine rings is 1.